The minimum absolute atomic E-state index is 0.633. The molecule has 0 aliphatic heterocycles. The topological polar surface area (TPSA) is 55.1 Å². The molecule has 0 amide bonds. The van der Waals surface area contributed by atoms with Crippen molar-refractivity contribution in [2.75, 3.05) is 13.3 Å². The molecule has 0 aliphatic carbocycles. The van der Waals surface area contributed by atoms with Gasteiger partial charge in [-0.1, -0.05) is 23.4 Å². The zero-order valence-corrected chi connectivity index (χ0v) is 13.5. The maximum atomic E-state index is 5.26. The van der Waals surface area contributed by atoms with E-state index in [4.69, 9.17) is 4.52 Å². The van der Waals surface area contributed by atoms with Crippen molar-refractivity contribution in [1.29, 1.82) is 0 Å². The molecule has 2 aromatic heterocycles. The average molecular weight is 314 g/mol. The Kier molecular flexibility index (Phi) is 4.70. The highest BCUT2D eigenvalue weighted by Crippen LogP contribution is 2.14. The maximum Gasteiger partial charge on any atom is 0.240 e. The normalized spacial score (nSPS) is 11.4. The van der Waals surface area contributed by atoms with E-state index in [1.807, 2.05) is 37.7 Å². The van der Waals surface area contributed by atoms with Gasteiger partial charge in [-0.05, 0) is 31.0 Å². The summed E-state index contributed by atoms with van der Waals surface area (Å²) >= 11 is 1.68. The summed E-state index contributed by atoms with van der Waals surface area (Å²) in [5, 5.41) is 5.12. The van der Waals surface area contributed by atoms with Crippen LogP contribution in [0.1, 0.15) is 17.3 Å². The molecule has 0 saturated carbocycles. The van der Waals surface area contributed by atoms with Gasteiger partial charge in [0.05, 0.1) is 17.8 Å². The van der Waals surface area contributed by atoms with Crippen molar-refractivity contribution >= 4 is 22.7 Å². The van der Waals surface area contributed by atoms with Crippen molar-refractivity contribution in [1.82, 2.24) is 20.0 Å². The van der Waals surface area contributed by atoms with E-state index in [9.17, 15) is 0 Å². The van der Waals surface area contributed by atoms with Crippen molar-refractivity contribution in [3.63, 3.8) is 0 Å². The van der Waals surface area contributed by atoms with Crippen LogP contribution in [0.4, 0.5) is 0 Å². The first-order valence-corrected chi connectivity index (χ1v) is 8.46. The van der Waals surface area contributed by atoms with Crippen molar-refractivity contribution in [3.05, 3.63) is 53.8 Å². The highest BCUT2D eigenvalue weighted by atomic mass is 32.2. The van der Waals surface area contributed by atoms with Crippen LogP contribution in [0.2, 0.25) is 0 Å². The van der Waals surface area contributed by atoms with Crippen LogP contribution in [0, 0.1) is 0 Å². The summed E-state index contributed by atoms with van der Waals surface area (Å²) in [5.41, 5.74) is 2.19. The number of hydrogen-bond acceptors (Lipinski definition) is 6. The van der Waals surface area contributed by atoms with Crippen LogP contribution in [0.15, 0.2) is 41.1 Å². The molecular weight excluding hydrogens is 296 g/mol. The van der Waals surface area contributed by atoms with Gasteiger partial charge in [0, 0.05) is 18.1 Å². The fraction of sp³-hybridized carbons (Fsp3) is 0.312. The highest BCUT2D eigenvalue weighted by Gasteiger charge is 2.09. The average Bonchev–Trinajstić information content (AvgIpc) is 2.94. The summed E-state index contributed by atoms with van der Waals surface area (Å²) < 4.78 is 5.26. The Bertz CT molecular complexity index is 758. The molecule has 0 aliphatic rings. The summed E-state index contributed by atoms with van der Waals surface area (Å²) in [6.07, 6.45) is 3.95. The smallest absolute Gasteiger partial charge is 0.240 e. The summed E-state index contributed by atoms with van der Waals surface area (Å²) in [6.45, 7) is 1.42. The van der Waals surface area contributed by atoms with E-state index in [1.54, 1.807) is 11.8 Å². The Balaban J connectivity index is 1.65. The van der Waals surface area contributed by atoms with Gasteiger partial charge in [0.25, 0.3) is 0 Å². The summed E-state index contributed by atoms with van der Waals surface area (Å²) in [7, 11) is 2.04. The molecule has 0 spiro atoms. The number of benzene rings is 1. The molecule has 0 radical (unpaired) electrons. The lowest BCUT2D eigenvalue weighted by Gasteiger charge is -2.14. The predicted octanol–water partition coefficient (Wildman–Crippen LogP) is 3.11. The van der Waals surface area contributed by atoms with E-state index in [0.29, 0.717) is 12.4 Å². The fourth-order valence-electron chi connectivity index (χ4n) is 2.34. The molecule has 0 N–H and O–H groups in total. The van der Waals surface area contributed by atoms with Crippen LogP contribution in [0.3, 0.4) is 0 Å². The molecule has 0 saturated heterocycles. The molecule has 3 aromatic rings. The van der Waals surface area contributed by atoms with Gasteiger partial charge in [0.1, 0.15) is 0 Å². The molecule has 3 rings (SSSR count). The number of rotatable bonds is 6. The van der Waals surface area contributed by atoms with Gasteiger partial charge in [0.15, 0.2) is 5.82 Å². The predicted molar refractivity (Wildman–Crippen MR) is 88.4 cm³/mol. The third-order valence-corrected chi connectivity index (χ3v) is 3.84. The Morgan fingerprint density at radius 1 is 1.23 bits per heavy atom. The maximum absolute atomic E-state index is 5.26. The van der Waals surface area contributed by atoms with Gasteiger partial charge in [-0.15, -0.1) is 0 Å². The third kappa shape index (κ3) is 3.64. The second kappa shape index (κ2) is 6.89. The van der Waals surface area contributed by atoms with Crippen molar-refractivity contribution in [3.8, 4) is 0 Å². The number of hydrogen-bond donors (Lipinski definition) is 0. The molecule has 0 fully saturated rings. The van der Waals surface area contributed by atoms with Crippen LogP contribution < -0.4 is 0 Å². The molecular formula is C16H18N4OS. The van der Waals surface area contributed by atoms with E-state index >= 15 is 0 Å². The van der Waals surface area contributed by atoms with Crippen LogP contribution in [0.5, 0.6) is 0 Å². The Morgan fingerprint density at radius 2 is 2.09 bits per heavy atom. The minimum atomic E-state index is 0.633. The van der Waals surface area contributed by atoms with E-state index < -0.39 is 0 Å². The molecule has 5 nitrogen and oxygen atoms in total. The van der Waals surface area contributed by atoms with Crippen LogP contribution in [-0.2, 0) is 18.8 Å². The van der Waals surface area contributed by atoms with Gasteiger partial charge in [-0.2, -0.15) is 16.7 Å². The number of aromatic nitrogens is 3. The molecule has 1 aromatic carbocycles. The number of para-hydroxylation sites is 1. The van der Waals surface area contributed by atoms with Crippen LogP contribution in [0.25, 0.3) is 10.9 Å². The second-order valence-corrected chi connectivity index (χ2v) is 6.11. The van der Waals surface area contributed by atoms with Gasteiger partial charge >= 0.3 is 0 Å². The first kappa shape index (κ1) is 15.0. The van der Waals surface area contributed by atoms with E-state index in [2.05, 4.69) is 32.2 Å². The van der Waals surface area contributed by atoms with E-state index in [-0.39, 0.29) is 0 Å². The van der Waals surface area contributed by atoms with Gasteiger partial charge in [0.2, 0.25) is 5.89 Å². The second-order valence-electron chi connectivity index (χ2n) is 5.25. The monoisotopic (exact) mass is 314 g/mol. The lowest BCUT2D eigenvalue weighted by atomic mass is 10.1. The number of nitrogens with zero attached hydrogens (tertiary/aromatic N) is 4. The first-order valence-electron chi connectivity index (χ1n) is 7.07. The molecule has 0 unspecified atom stereocenters. The summed E-state index contributed by atoms with van der Waals surface area (Å²) in [5.74, 6) is 2.19. The molecule has 22 heavy (non-hydrogen) atoms. The van der Waals surface area contributed by atoms with Gasteiger partial charge in [-0.25, -0.2) is 0 Å². The highest BCUT2D eigenvalue weighted by molar-refractivity contribution is 7.97. The summed E-state index contributed by atoms with van der Waals surface area (Å²) in [4.78, 5) is 11.0. The molecule has 2 heterocycles. The Morgan fingerprint density at radius 3 is 2.95 bits per heavy atom. The Hall–Kier alpha value is -1.92. The summed E-state index contributed by atoms with van der Waals surface area (Å²) in [6, 6.07) is 10.3. The van der Waals surface area contributed by atoms with Crippen molar-refractivity contribution in [2.24, 2.45) is 0 Å². The zero-order valence-electron chi connectivity index (χ0n) is 12.7. The molecule has 0 atom stereocenters. The van der Waals surface area contributed by atoms with Crippen molar-refractivity contribution in [2.45, 2.75) is 18.8 Å². The third-order valence-electron chi connectivity index (χ3n) is 3.29. The zero-order chi connectivity index (χ0) is 15.4. The van der Waals surface area contributed by atoms with Crippen molar-refractivity contribution < 1.29 is 4.52 Å². The first-order chi connectivity index (χ1) is 10.7. The van der Waals surface area contributed by atoms with E-state index in [1.165, 1.54) is 5.56 Å². The van der Waals surface area contributed by atoms with Crippen LogP contribution >= 0.6 is 11.8 Å². The van der Waals surface area contributed by atoms with Gasteiger partial charge in [-0.3, -0.25) is 9.88 Å². The molecule has 6 heteroatoms. The largest absolute Gasteiger partial charge is 0.338 e. The van der Waals surface area contributed by atoms with Crippen LogP contribution in [-0.4, -0.2) is 33.3 Å². The molecule has 114 valence electrons. The van der Waals surface area contributed by atoms with E-state index in [0.717, 1.165) is 29.0 Å². The number of pyridine rings is 1. The number of fused-ring (bicyclic) bond motifs is 1. The lowest BCUT2D eigenvalue weighted by molar-refractivity contribution is 0.260. The molecule has 0 bridgehead atoms. The quantitative estimate of drug-likeness (QED) is 0.697. The van der Waals surface area contributed by atoms with Gasteiger partial charge < -0.3 is 4.52 Å². The number of thioether (sulfide) groups is 1. The Labute approximate surface area is 133 Å². The fourth-order valence-corrected chi connectivity index (χ4v) is 2.72. The lowest BCUT2D eigenvalue weighted by Crippen LogP contribution is -2.17. The minimum Gasteiger partial charge on any atom is -0.338 e. The standard InChI is InChI=1S/C16H18N4OS/c1-20(10-16-18-15(11-22-2)19-21-16)9-12-7-13-5-3-4-6-14(13)17-8-12/h3-8H,9-11H2,1-2H3. The SMILES string of the molecule is CSCc1noc(CN(C)Cc2cnc3ccccc3c2)n1.